The second kappa shape index (κ2) is 10.6. The lowest BCUT2D eigenvalue weighted by atomic mass is 9.96. The van der Waals surface area contributed by atoms with Gasteiger partial charge in [-0.05, 0) is 69.8 Å². The fourth-order valence-electron chi connectivity index (χ4n) is 2.32. The average Bonchev–Trinajstić information content (AvgIpc) is 2.47. The first kappa shape index (κ1) is 18.0. The van der Waals surface area contributed by atoms with E-state index < -0.39 is 0 Å². The van der Waals surface area contributed by atoms with Crippen LogP contribution in [0.2, 0.25) is 0 Å². The zero-order chi connectivity index (χ0) is 15.5. The highest BCUT2D eigenvalue weighted by atomic mass is 16.5. The van der Waals surface area contributed by atoms with Crippen molar-refractivity contribution in [1.29, 1.82) is 0 Å². The summed E-state index contributed by atoms with van der Waals surface area (Å²) in [6.45, 7) is 9.37. The number of ether oxygens (including phenoxy) is 2. The molecule has 1 unspecified atom stereocenters. The SMILES string of the molecule is CCCNCC(CCOC(C)C)Cc1ccc(OC)cc1. The Hall–Kier alpha value is -1.06. The van der Waals surface area contributed by atoms with Gasteiger partial charge in [-0.1, -0.05) is 19.1 Å². The fraction of sp³-hybridized carbons (Fsp3) is 0.667. The van der Waals surface area contributed by atoms with Crippen molar-refractivity contribution in [2.75, 3.05) is 26.8 Å². The van der Waals surface area contributed by atoms with Crippen molar-refractivity contribution in [3.63, 3.8) is 0 Å². The molecule has 0 spiro atoms. The van der Waals surface area contributed by atoms with Crippen molar-refractivity contribution in [2.24, 2.45) is 5.92 Å². The molecule has 0 aliphatic rings. The molecule has 0 saturated heterocycles. The summed E-state index contributed by atoms with van der Waals surface area (Å²) < 4.78 is 10.9. The Morgan fingerprint density at radius 1 is 1.14 bits per heavy atom. The van der Waals surface area contributed by atoms with Gasteiger partial charge in [0.25, 0.3) is 0 Å². The third kappa shape index (κ3) is 8.08. The van der Waals surface area contributed by atoms with Crippen molar-refractivity contribution in [1.82, 2.24) is 5.32 Å². The van der Waals surface area contributed by atoms with Crippen LogP contribution in [-0.2, 0) is 11.2 Å². The van der Waals surface area contributed by atoms with Crippen LogP contribution in [0.5, 0.6) is 5.75 Å². The Balaban J connectivity index is 2.48. The molecule has 0 aliphatic heterocycles. The van der Waals surface area contributed by atoms with Gasteiger partial charge in [0.15, 0.2) is 0 Å². The van der Waals surface area contributed by atoms with E-state index in [2.05, 4.69) is 38.2 Å². The predicted molar refractivity (Wildman–Crippen MR) is 89.1 cm³/mol. The molecule has 1 atom stereocenters. The molecule has 0 heterocycles. The maximum absolute atomic E-state index is 5.71. The van der Waals surface area contributed by atoms with Crippen LogP contribution in [0.3, 0.4) is 0 Å². The van der Waals surface area contributed by atoms with Crippen LogP contribution in [0.4, 0.5) is 0 Å². The van der Waals surface area contributed by atoms with Crippen molar-refractivity contribution < 1.29 is 9.47 Å². The molecule has 1 rings (SSSR count). The van der Waals surface area contributed by atoms with Gasteiger partial charge in [0, 0.05) is 6.61 Å². The Morgan fingerprint density at radius 3 is 2.43 bits per heavy atom. The van der Waals surface area contributed by atoms with Gasteiger partial charge in [0.05, 0.1) is 13.2 Å². The van der Waals surface area contributed by atoms with E-state index >= 15 is 0 Å². The molecule has 0 amide bonds. The number of rotatable bonds is 11. The van der Waals surface area contributed by atoms with Crippen molar-refractivity contribution >= 4 is 0 Å². The summed E-state index contributed by atoms with van der Waals surface area (Å²) in [7, 11) is 1.70. The zero-order valence-electron chi connectivity index (χ0n) is 14.0. The van der Waals surface area contributed by atoms with Crippen LogP contribution in [0, 0.1) is 5.92 Å². The molecule has 1 aromatic carbocycles. The van der Waals surface area contributed by atoms with Gasteiger partial charge in [-0.15, -0.1) is 0 Å². The quantitative estimate of drug-likeness (QED) is 0.632. The Bertz CT molecular complexity index is 362. The van der Waals surface area contributed by atoms with Crippen molar-refractivity contribution in [3.8, 4) is 5.75 Å². The minimum Gasteiger partial charge on any atom is -0.497 e. The number of benzene rings is 1. The zero-order valence-corrected chi connectivity index (χ0v) is 14.0. The normalized spacial score (nSPS) is 12.6. The third-order valence-electron chi connectivity index (χ3n) is 3.52. The lowest BCUT2D eigenvalue weighted by molar-refractivity contribution is 0.0683. The molecule has 21 heavy (non-hydrogen) atoms. The highest BCUT2D eigenvalue weighted by molar-refractivity contribution is 5.27. The Morgan fingerprint density at radius 2 is 1.86 bits per heavy atom. The minimum absolute atomic E-state index is 0.315. The standard InChI is InChI=1S/C18H31NO2/c1-5-11-19-14-17(10-12-21-15(2)3)13-16-6-8-18(20-4)9-7-16/h6-9,15,17,19H,5,10-14H2,1-4H3. The maximum Gasteiger partial charge on any atom is 0.118 e. The predicted octanol–water partition coefficient (Wildman–Crippen LogP) is 3.67. The monoisotopic (exact) mass is 293 g/mol. The van der Waals surface area contributed by atoms with Gasteiger partial charge in [-0.3, -0.25) is 0 Å². The van der Waals surface area contributed by atoms with Crippen molar-refractivity contribution in [3.05, 3.63) is 29.8 Å². The molecule has 0 fully saturated rings. The molecule has 120 valence electrons. The second-order valence-electron chi connectivity index (χ2n) is 5.83. The van der Waals surface area contributed by atoms with E-state index in [1.54, 1.807) is 7.11 Å². The van der Waals surface area contributed by atoms with E-state index in [1.165, 1.54) is 12.0 Å². The minimum atomic E-state index is 0.315. The summed E-state index contributed by atoms with van der Waals surface area (Å²) in [5.41, 5.74) is 1.36. The van der Waals surface area contributed by atoms with Crippen LogP contribution >= 0.6 is 0 Å². The highest BCUT2D eigenvalue weighted by Crippen LogP contribution is 2.16. The Kier molecular flexibility index (Phi) is 9.11. The van der Waals surface area contributed by atoms with E-state index in [4.69, 9.17) is 9.47 Å². The lowest BCUT2D eigenvalue weighted by Gasteiger charge is -2.19. The number of methoxy groups -OCH3 is 1. The second-order valence-corrected chi connectivity index (χ2v) is 5.83. The molecule has 1 N–H and O–H groups in total. The number of hydrogen-bond acceptors (Lipinski definition) is 3. The molecule has 0 radical (unpaired) electrons. The van der Waals surface area contributed by atoms with Gasteiger partial charge < -0.3 is 14.8 Å². The van der Waals surface area contributed by atoms with Gasteiger partial charge >= 0.3 is 0 Å². The highest BCUT2D eigenvalue weighted by Gasteiger charge is 2.10. The topological polar surface area (TPSA) is 30.5 Å². The van der Waals surface area contributed by atoms with E-state index in [0.29, 0.717) is 12.0 Å². The van der Waals surface area contributed by atoms with Gasteiger partial charge in [0.1, 0.15) is 5.75 Å². The molecule has 1 aromatic rings. The summed E-state index contributed by atoms with van der Waals surface area (Å²) in [6, 6.07) is 8.40. The molecular weight excluding hydrogens is 262 g/mol. The number of nitrogens with one attached hydrogen (secondary N) is 1. The average molecular weight is 293 g/mol. The van der Waals surface area contributed by atoms with E-state index in [0.717, 1.165) is 38.3 Å². The molecule has 0 aliphatic carbocycles. The maximum atomic E-state index is 5.71. The molecule has 3 heteroatoms. The third-order valence-corrected chi connectivity index (χ3v) is 3.52. The molecule has 0 bridgehead atoms. The first-order chi connectivity index (χ1) is 10.2. The Labute approximate surface area is 130 Å². The molecular formula is C18H31NO2. The first-order valence-corrected chi connectivity index (χ1v) is 8.11. The van der Waals surface area contributed by atoms with Crippen LogP contribution < -0.4 is 10.1 Å². The van der Waals surface area contributed by atoms with E-state index in [9.17, 15) is 0 Å². The van der Waals surface area contributed by atoms with Gasteiger partial charge in [0.2, 0.25) is 0 Å². The lowest BCUT2D eigenvalue weighted by Crippen LogP contribution is -2.26. The van der Waals surface area contributed by atoms with Gasteiger partial charge in [-0.2, -0.15) is 0 Å². The van der Waals surface area contributed by atoms with E-state index in [-0.39, 0.29) is 0 Å². The fourth-order valence-corrected chi connectivity index (χ4v) is 2.32. The smallest absolute Gasteiger partial charge is 0.118 e. The summed E-state index contributed by atoms with van der Waals surface area (Å²) in [6.07, 6.45) is 3.68. The molecule has 0 aromatic heterocycles. The first-order valence-electron chi connectivity index (χ1n) is 8.11. The van der Waals surface area contributed by atoms with Crippen LogP contribution in [0.15, 0.2) is 24.3 Å². The van der Waals surface area contributed by atoms with Crippen LogP contribution in [0.1, 0.15) is 39.2 Å². The number of hydrogen-bond donors (Lipinski definition) is 1. The summed E-state index contributed by atoms with van der Waals surface area (Å²) in [5.74, 6) is 1.53. The molecule has 3 nitrogen and oxygen atoms in total. The molecule has 0 saturated carbocycles. The van der Waals surface area contributed by atoms with Crippen LogP contribution in [0.25, 0.3) is 0 Å². The van der Waals surface area contributed by atoms with Gasteiger partial charge in [-0.25, -0.2) is 0 Å². The largest absolute Gasteiger partial charge is 0.497 e. The summed E-state index contributed by atoms with van der Waals surface area (Å²) >= 11 is 0. The summed E-state index contributed by atoms with van der Waals surface area (Å²) in [4.78, 5) is 0. The van der Waals surface area contributed by atoms with Crippen molar-refractivity contribution in [2.45, 2.75) is 46.1 Å². The van der Waals surface area contributed by atoms with E-state index in [1.807, 2.05) is 12.1 Å². The van der Waals surface area contributed by atoms with Crippen LogP contribution in [-0.4, -0.2) is 32.9 Å². The summed E-state index contributed by atoms with van der Waals surface area (Å²) in [5, 5.41) is 3.54.